The van der Waals surface area contributed by atoms with Crippen molar-refractivity contribution in [2.75, 3.05) is 109 Å². The van der Waals surface area contributed by atoms with E-state index in [1.807, 2.05) is 0 Å². The lowest BCUT2D eigenvalue weighted by Gasteiger charge is -2.01. The third kappa shape index (κ3) is 222. The first kappa shape index (κ1) is 109. The van der Waals surface area contributed by atoms with Gasteiger partial charge in [0.2, 0.25) is 5.69 Å². The van der Waals surface area contributed by atoms with Crippen molar-refractivity contribution in [2.45, 2.75) is 13.8 Å². The summed E-state index contributed by atoms with van der Waals surface area (Å²) in [6.45, 7) is -2.43. The van der Waals surface area contributed by atoms with Crippen LogP contribution in [0.5, 0.6) is 0 Å². The van der Waals surface area contributed by atoms with Crippen molar-refractivity contribution in [3.05, 3.63) is 0 Å². The summed E-state index contributed by atoms with van der Waals surface area (Å²) in [5.74, 6) is -0.201. The number of alkyl halides is 2. The second kappa shape index (κ2) is 62.0. The number of nitrogens with two attached hydrogens (primary N) is 1. The van der Waals surface area contributed by atoms with E-state index in [9.17, 15) is 53.7 Å². The molecule has 0 rings (SSSR count). The highest BCUT2D eigenvalue weighted by Crippen LogP contribution is 2.46. The van der Waals surface area contributed by atoms with E-state index in [4.69, 9.17) is 83.7 Å². The molecule has 0 fully saturated rings. The van der Waals surface area contributed by atoms with Gasteiger partial charge in [-0.05, 0) is 61.0 Å². The summed E-state index contributed by atoms with van der Waals surface area (Å²) in [4.78, 5) is 120. The van der Waals surface area contributed by atoms with Crippen LogP contribution in [0.25, 0.3) is 0 Å². The zero-order valence-electron chi connectivity index (χ0n) is 41.1. The Morgan fingerprint density at radius 3 is 0.838 bits per heavy atom. The first-order valence-corrected chi connectivity index (χ1v) is 41.0. The van der Waals surface area contributed by atoms with Gasteiger partial charge in [0.1, 0.15) is 12.2 Å². The smallest absolute Gasteiger partial charge is 0.338 e. The van der Waals surface area contributed by atoms with Crippen LogP contribution in [-0.2, 0) is 118 Å². The zero-order chi connectivity index (χ0) is 64.1. The molecule has 0 aromatic rings. The molecule has 0 aromatic carbocycles. The predicted octanol–water partition coefficient (Wildman–Crippen LogP) is 2.15. The van der Waals surface area contributed by atoms with Crippen LogP contribution < -0.4 is 15.9 Å². The standard InChI is InChI=1S/C2H8NO3P.C2H7O4P.2C2H7O3P.C2H6O3S.CH4FO3P.CH3F.CH6NO3P.CH6NO2PS.CH5O3PS.CH3O3P.CH5O2PS2.CH3O2PS/c1-6-7(4,5)2-3;1-5-7(3,4)6-2;1-5-6(2,3)4;2*1-2-6(3,4)5;2-1-6(3,4)5;1-2;1-2-6(3,4)5;1-2-5(3,4)6;1-4-5(2,3)6;1-4-5(2)3;1-3-4(2,5)6;1-3-4(2)5/h2-3H2,1H3,(H,4,5);1-2H3,(H,3,4);1-2H3,(H,3,4);2H2,1H3,(H2,3,4,5);2H2,1H3,(H,3,4,5);1H2,(H2,3,4,5);1H3;1H3,(H3,2,3,4,5);1H3,(H3,2,3,4,6);1H3,(H2,2,3,6);1H3;1H3,(H2,2,5,6);1H3/p+2. The second-order valence-electron chi connectivity index (χ2n) is 9.18. The molecule has 5 atom stereocenters. The van der Waals surface area contributed by atoms with Crippen molar-refractivity contribution in [2.24, 2.45) is 5.73 Å². The molecule has 0 saturated heterocycles. The van der Waals surface area contributed by atoms with Crippen LogP contribution in [0.4, 0.5) is 8.78 Å². The topological polar surface area (TPSA) is 618 Å². The van der Waals surface area contributed by atoms with Gasteiger partial charge >= 0.3 is 68.2 Å². The van der Waals surface area contributed by atoms with Crippen molar-refractivity contribution >= 4 is 151 Å². The Morgan fingerprint density at radius 1 is 0.635 bits per heavy atom. The van der Waals surface area contributed by atoms with Crippen LogP contribution >= 0.6 is 105 Å². The molecule has 5 unspecified atom stereocenters. The molecule has 0 aliphatic heterocycles. The zero-order valence-corrected chi connectivity index (χ0v) is 56.0. The van der Waals surface area contributed by atoms with Gasteiger partial charge in [0, 0.05) is 60.1 Å². The highest BCUT2D eigenvalue weighted by atomic mass is 32.9. The molecule has 0 saturated carbocycles. The van der Waals surface area contributed by atoms with E-state index in [0.29, 0.717) is 7.18 Å². The van der Waals surface area contributed by atoms with E-state index in [1.165, 1.54) is 56.4 Å². The number of halogens is 2. The van der Waals surface area contributed by atoms with Gasteiger partial charge in [-0.15, -0.1) is 13.9 Å². The van der Waals surface area contributed by atoms with Gasteiger partial charge in [0.15, 0.2) is 6.42 Å². The predicted molar refractivity (Wildman–Crippen MR) is 290 cm³/mol. The van der Waals surface area contributed by atoms with Crippen molar-refractivity contribution in [1.82, 2.24) is 10.2 Å². The molecule has 0 aromatic heterocycles. The average molecular weight is 1450 g/mol. The van der Waals surface area contributed by atoms with Gasteiger partial charge in [0.25, 0.3) is 16.8 Å². The lowest BCUT2D eigenvalue weighted by atomic mass is 11.0. The number of phosphoric acid groups is 1. The lowest BCUT2D eigenvalue weighted by Crippen LogP contribution is -2.00. The second-order valence-corrected chi connectivity index (χ2v) is 35.4. The Labute approximate surface area is 455 Å². The van der Waals surface area contributed by atoms with Crippen LogP contribution in [0.1, 0.15) is 13.8 Å². The molecule has 74 heavy (non-hydrogen) atoms. The van der Waals surface area contributed by atoms with Crippen LogP contribution in [0, 0.1) is 0 Å². The summed E-state index contributed by atoms with van der Waals surface area (Å²) < 4.78 is 157. The summed E-state index contributed by atoms with van der Waals surface area (Å²) in [7, 11) is -17.1. The van der Waals surface area contributed by atoms with E-state index in [2.05, 4.69) is 101 Å². The van der Waals surface area contributed by atoms with Crippen molar-refractivity contribution < 1.29 is 168 Å². The molecule has 20 N–H and O–H groups in total. The van der Waals surface area contributed by atoms with Crippen molar-refractivity contribution in [3.63, 3.8) is 0 Å². The highest BCUT2D eigenvalue weighted by Gasteiger charge is 2.14. The van der Waals surface area contributed by atoms with Crippen molar-refractivity contribution in [1.29, 1.82) is 0 Å². The SMILES string of the molecule is CCP(=O)(O)O.CCS(=O)(=O)O.CF.CNP(=O)(O)O.CNP(O)(O)=S.COP(=O)(O)CN.COP(=O)(O)OC.COP(C)(=O)O.COP(O)(=S)S.COP(O)(O)=S.CO[P+](=O)O.CO[P+](=O)S.O=P(O)(O)CF. The average Bonchev–Trinajstić information content (AvgIpc) is 3.27. The molecular formula is C18H72F2N3O34P11S6+2. The maximum absolute atomic E-state index is 10.7. The molecule has 0 bridgehead atoms. The third-order valence-corrected chi connectivity index (χ3v) is 13.3. The van der Waals surface area contributed by atoms with Gasteiger partial charge in [-0.25, -0.2) is 23.7 Å². The fourth-order valence-electron chi connectivity index (χ4n) is 0.149. The van der Waals surface area contributed by atoms with Gasteiger partial charge in [-0.1, -0.05) is 19.2 Å². The number of hydrogen-bond donors (Lipinski definition) is 21. The van der Waals surface area contributed by atoms with Crippen LogP contribution in [0.3, 0.4) is 0 Å². The maximum Gasteiger partial charge on any atom is 0.694 e. The molecular weight excluding hydrogens is 1370 g/mol. The first-order chi connectivity index (χ1) is 32.3. The third-order valence-electron chi connectivity index (χ3n) is 3.62. The quantitative estimate of drug-likeness (QED) is 0.0673. The molecule has 0 aliphatic carbocycles. The molecule has 0 spiro atoms. The highest BCUT2D eigenvalue weighted by molar-refractivity contribution is 8.59. The normalized spacial score (nSPS) is 13.4. The van der Waals surface area contributed by atoms with Crippen LogP contribution in [-0.4, -0.2) is 196 Å². The summed E-state index contributed by atoms with van der Waals surface area (Å²) in [6, 6.07) is 0. The minimum Gasteiger partial charge on any atom is -0.338 e. The minimum atomic E-state index is -4.31. The number of phosphoric ester groups is 1. The molecule has 0 radical (unpaired) electrons. The van der Waals surface area contributed by atoms with E-state index in [0.717, 1.165) is 35.1 Å². The molecule has 56 heteroatoms. The van der Waals surface area contributed by atoms with E-state index in [1.54, 1.807) is 5.09 Å². The number of thiol groups is 2. The van der Waals surface area contributed by atoms with Crippen LogP contribution in [0.15, 0.2) is 0 Å². The lowest BCUT2D eigenvalue weighted by molar-refractivity contribution is 0.204. The van der Waals surface area contributed by atoms with Gasteiger partial charge in [-0.2, -0.15) is 8.42 Å². The Balaban J connectivity index is -0.0000000498. The minimum absolute atomic E-state index is 0.0625. The van der Waals surface area contributed by atoms with E-state index < -0.39 is 97.0 Å². The fraction of sp³-hybridized carbons (Fsp3) is 1.00. The molecule has 37 nitrogen and oxygen atoms in total. The summed E-state index contributed by atoms with van der Waals surface area (Å²) >= 11 is 19.3. The van der Waals surface area contributed by atoms with Gasteiger partial charge in [0.05, 0.1) is 33.4 Å². The van der Waals surface area contributed by atoms with E-state index in [-0.39, 0.29) is 18.2 Å². The maximum atomic E-state index is 10.7. The molecule has 0 aliphatic rings. The Morgan fingerprint density at radius 2 is 0.838 bits per heavy atom. The Hall–Kier alpha value is 2.96. The molecule has 0 amide bonds. The van der Waals surface area contributed by atoms with E-state index >= 15 is 0 Å². The molecule has 0 heterocycles. The summed E-state index contributed by atoms with van der Waals surface area (Å²) in [5, 5.41) is 3.91. The van der Waals surface area contributed by atoms with Crippen molar-refractivity contribution in [3.8, 4) is 0 Å². The van der Waals surface area contributed by atoms with Gasteiger partial charge in [-0.3, -0.25) is 36.3 Å². The fourth-order valence-corrected chi connectivity index (χ4v) is 0.447. The summed E-state index contributed by atoms with van der Waals surface area (Å²) in [5.41, 5.74) is 2.16. The monoisotopic (exact) mass is 1440 g/mol. The molecule has 466 valence electrons. The van der Waals surface area contributed by atoms with Gasteiger partial charge < -0.3 is 92.3 Å². The number of hydrogen-bond acceptors (Lipinski definition) is 22. The first-order valence-electron chi connectivity index (χ1n) is 16.3. The number of nitrogens with one attached hydrogen (secondary N) is 2. The Bertz CT molecular complexity index is 1590. The Kier molecular flexibility index (Phi) is 91.0. The number of rotatable bonds is 14. The van der Waals surface area contributed by atoms with Crippen LogP contribution in [0.2, 0.25) is 0 Å². The largest absolute Gasteiger partial charge is 0.694 e. The summed E-state index contributed by atoms with van der Waals surface area (Å²) in [6.07, 6.45) is -1.94.